The minimum atomic E-state index is -0.169. The van der Waals surface area contributed by atoms with Crippen LogP contribution in [0, 0.1) is 0 Å². The average Bonchev–Trinajstić information content (AvgIpc) is 2.64. The van der Waals surface area contributed by atoms with E-state index in [0.29, 0.717) is 11.6 Å². The molecule has 2 aromatic heterocycles. The molecule has 0 spiro atoms. The summed E-state index contributed by atoms with van der Waals surface area (Å²) in [4.78, 5) is 20.2. The SMILES string of the molecule is CN(C)c1nc(-c2cnn(C)c2)cc(=O)[nH]1. The van der Waals surface area contributed by atoms with Crippen LogP contribution in [0.15, 0.2) is 23.3 Å². The van der Waals surface area contributed by atoms with E-state index in [0.717, 1.165) is 5.56 Å². The number of aromatic nitrogens is 4. The molecule has 0 bridgehead atoms. The lowest BCUT2D eigenvalue weighted by molar-refractivity contribution is 0.768. The van der Waals surface area contributed by atoms with E-state index in [1.54, 1.807) is 15.8 Å². The van der Waals surface area contributed by atoms with Crippen molar-refractivity contribution in [2.24, 2.45) is 7.05 Å². The van der Waals surface area contributed by atoms with Gasteiger partial charge in [0.1, 0.15) is 0 Å². The van der Waals surface area contributed by atoms with Gasteiger partial charge in [0.05, 0.1) is 11.9 Å². The quantitative estimate of drug-likeness (QED) is 0.785. The topological polar surface area (TPSA) is 66.8 Å². The number of nitrogens with one attached hydrogen (secondary N) is 1. The monoisotopic (exact) mass is 219 g/mol. The van der Waals surface area contributed by atoms with E-state index in [-0.39, 0.29) is 5.56 Å². The number of nitrogens with zero attached hydrogens (tertiary/aromatic N) is 4. The van der Waals surface area contributed by atoms with Crippen LogP contribution in [0.4, 0.5) is 5.95 Å². The number of rotatable bonds is 2. The number of aryl methyl sites for hydroxylation is 1. The molecule has 0 saturated carbocycles. The highest BCUT2D eigenvalue weighted by atomic mass is 16.1. The van der Waals surface area contributed by atoms with Crippen LogP contribution in [0.3, 0.4) is 0 Å². The number of anilines is 1. The summed E-state index contributed by atoms with van der Waals surface area (Å²) in [7, 11) is 5.47. The van der Waals surface area contributed by atoms with Gasteiger partial charge in [-0.1, -0.05) is 0 Å². The van der Waals surface area contributed by atoms with Gasteiger partial charge in [0.25, 0.3) is 5.56 Å². The van der Waals surface area contributed by atoms with Gasteiger partial charge in [0.2, 0.25) is 5.95 Å². The fraction of sp³-hybridized carbons (Fsp3) is 0.300. The maximum Gasteiger partial charge on any atom is 0.252 e. The Morgan fingerprint density at radius 2 is 2.19 bits per heavy atom. The molecule has 0 aliphatic heterocycles. The van der Waals surface area contributed by atoms with Crippen molar-refractivity contribution in [1.82, 2.24) is 19.7 Å². The molecule has 0 unspecified atom stereocenters. The molecular formula is C10H13N5O. The normalized spacial score (nSPS) is 10.4. The molecule has 0 aliphatic carbocycles. The third-order valence-corrected chi connectivity index (χ3v) is 2.15. The Morgan fingerprint density at radius 3 is 2.75 bits per heavy atom. The predicted molar refractivity (Wildman–Crippen MR) is 61.4 cm³/mol. The van der Waals surface area contributed by atoms with Gasteiger partial charge in [-0.05, 0) is 0 Å². The van der Waals surface area contributed by atoms with Gasteiger partial charge in [-0.2, -0.15) is 5.10 Å². The van der Waals surface area contributed by atoms with Crippen LogP contribution in [0.25, 0.3) is 11.3 Å². The average molecular weight is 219 g/mol. The summed E-state index contributed by atoms with van der Waals surface area (Å²) in [5.41, 5.74) is 1.29. The number of aromatic amines is 1. The third kappa shape index (κ3) is 1.95. The summed E-state index contributed by atoms with van der Waals surface area (Å²) >= 11 is 0. The zero-order chi connectivity index (χ0) is 11.7. The van der Waals surface area contributed by atoms with Crippen molar-refractivity contribution in [2.75, 3.05) is 19.0 Å². The summed E-state index contributed by atoms with van der Waals surface area (Å²) in [5.74, 6) is 0.534. The van der Waals surface area contributed by atoms with Crippen molar-refractivity contribution in [1.29, 1.82) is 0 Å². The first-order chi connectivity index (χ1) is 7.56. The highest BCUT2D eigenvalue weighted by Crippen LogP contribution is 2.15. The largest absolute Gasteiger partial charge is 0.348 e. The van der Waals surface area contributed by atoms with Gasteiger partial charge in [-0.15, -0.1) is 0 Å². The summed E-state index contributed by atoms with van der Waals surface area (Å²) in [6.07, 6.45) is 3.50. The Kier molecular flexibility index (Phi) is 2.47. The second kappa shape index (κ2) is 3.80. The zero-order valence-electron chi connectivity index (χ0n) is 9.43. The Bertz CT molecular complexity index is 554. The maximum absolute atomic E-state index is 11.4. The molecule has 0 fully saturated rings. The number of hydrogen-bond acceptors (Lipinski definition) is 4. The van der Waals surface area contributed by atoms with Crippen LogP contribution >= 0.6 is 0 Å². The first-order valence-electron chi connectivity index (χ1n) is 4.84. The van der Waals surface area contributed by atoms with E-state index >= 15 is 0 Å². The highest BCUT2D eigenvalue weighted by molar-refractivity contribution is 5.57. The fourth-order valence-corrected chi connectivity index (χ4v) is 1.36. The van der Waals surface area contributed by atoms with Crippen molar-refractivity contribution < 1.29 is 0 Å². The van der Waals surface area contributed by atoms with Crippen molar-refractivity contribution in [3.63, 3.8) is 0 Å². The minimum Gasteiger partial charge on any atom is -0.348 e. The summed E-state index contributed by atoms with van der Waals surface area (Å²) < 4.78 is 1.67. The van der Waals surface area contributed by atoms with Gasteiger partial charge in [0.15, 0.2) is 0 Å². The lowest BCUT2D eigenvalue weighted by atomic mass is 10.2. The molecule has 2 heterocycles. The molecule has 0 atom stereocenters. The molecule has 16 heavy (non-hydrogen) atoms. The van der Waals surface area contributed by atoms with Crippen LogP contribution < -0.4 is 10.5 Å². The minimum absolute atomic E-state index is 0.169. The van der Waals surface area contributed by atoms with Gasteiger partial charge >= 0.3 is 0 Å². The lowest BCUT2D eigenvalue weighted by Crippen LogP contribution is -2.18. The van der Waals surface area contributed by atoms with E-state index in [2.05, 4.69) is 15.1 Å². The van der Waals surface area contributed by atoms with Crippen LogP contribution in [0.2, 0.25) is 0 Å². The van der Waals surface area contributed by atoms with Crippen LogP contribution in [-0.2, 0) is 7.05 Å². The summed E-state index contributed by atoms with van der Waals surface area (Å²) in [5, 5.41) is 4.05. The molecule has 1 N–H and O–H groups in total. The van der Waals surface area contributed by atoms with E-state index in [9.17, 15) is 4.79 Å². The zero-order valence-corrected chi connectivity index (χ0v) is 9.43. The Hall–Kier alpha value is -2.11. The van der Waals surface area contributed by atoms with Crippen LogP contribution in [-0.4, -0.2) is 33.8 Å². The van der Waals surface area contributed by atoms with Crippen LogP contribution in [0.1, 0.15) is 0 Å². The molecule has 0 aromatic carbocycles. The molecular weight excluding hydrogens is 206 g/mol. The Balaban J connectivity index is 2.53. The van der Waals surface area contributed by atoms with Gasteiger partial charge < -0.3 is 4.90 Å². The highest BCUT2D eigenvalue weighted by Gasteiger charge is 2.06. The van der Waals surface area contributed by atoms with E-state index in [1.807, 2.05) is 27.3 Å². The van der Waals surface area contributed by atoms with Crippen molar-refractivity contribution >= 4 is 5.95 Å². The Morgan fingerprint density at radius 1 is 1.44 bits per heavy atom. The van der Waals surface area contributed by atoms with Crippen molar-refractivity contribution in [3.8, 4) is 11.3 Å². The smallest absolute Gasteiger partial charge is 0.252 e. The summed E-state index contributed by atoms with van der Waals surface area (Å²) in [6.45, 7) is 0. The summed E-state index contributed by atoms with van der Waals surface area (Å²) in [6, 6.07) is 1.46. The lowest BCUT2D eigenvalue weighted by Gasteiger charge is -2.10. The molecule has 0 aliphatic rings. The molecule has 6 nitrogen and oxygen atoms in total. The second-order valence-corrected chi connectivity index (χ2v) is 3.75. The third-order valence-electron chi connectivity index (χ3n) is 2.15. The molecule has 2 rings (SSSR count). The second-order valence-electron chi connectivity index (χ2n) is 3.75. The van der Waals surface area contributed by atoms with E-state index in [1.165, 1.54) is 6.07 Å². The molecule has 2 aromatic rings. The molecule has 0 radical (unpaired) electrons. The molecule has 0 amide bonds. The first kappa shape index (κ1) is 10.4. The van der Waals surface area contributed by atoms with Crippen molar-refractivity contribution in [2.45, 2.75) is 0 Å². The van der Waals surface area contributed by atoms with Gasteiger partial charge in [-0.3, -0.25) is 14.5 Å². The van der Waals surface area contributed by atoms with Gasteiger partial charge in [0, 0.05) is 39.0 Å². The Labute approximate surface area is 92.6 Å². The number of H-pyrrole nitrogens is 1. The molecule has 6 heteroatoms. The van der Waals surface area contributed by atoms with Crippen molar-refractivity contribution in [3.05, 3.63) is 28.8 Å². The van der Waals surface area contributed by atoms with Crippen LogP contribution in [0.5, 0.6) is 0 Å². The first-order valence-corrected chi connectivity index (χ1v) is 4.84. The molecule has 84 valence electrons. The number of hydrogen-bond donors (Lipinski definition) is 1. The van der Waals surface area contributed by atoms with Gasteiger partial charge in [-0.25, -0.2) is 4.98 Å². The van der Waals surface area contributed by atoms with E-state index < -0.39 is 0 Å². The molecule has 0 saturated heterocycles. The standard InChI is InChI=1S/C10H13N5O/c1-14(2)10-12-8(4-9(16)13-10)7-5-11-15(3)6-7/h4-6H,1-3H3,(H,12,13,16). The maximum atomic E-state index is 11.4. The van der Waals surface area contributed by atoms with E-state index in [4.69, 9.17) is 0 Å². The predicted octanol–water partition coefficient (Wildman–Crippen LogP) is 0.236. The fourth-order valence-electron chi connectivity index (χ4n) is 1.36.